The average Bonchev–Trinajstić information content (AvgIpc) is 2.77. The van der Waals surface area contributed by atoms with Gasteiger partial charge >= 0.3 is 5.97 Å². The van der Waals surface area contributed by atoms with Crippen LogP contribution in [0.3, 0.4) is 0 Å². The van der Waals surface area contributed by atoms with Crippen molar-refractivity contribution in [1.82, 2.24) is 0 Å². The molecule has 1 aromatic carbocycles. The molecule has 0 radical (unpaired) electrons. The Hall–Kier alpha value is -1.71. The van der Waals surface area contributed by atoms with E-state index in [0.717, 1.165) is 24.2 Å². The molecule has 0 aromatic heterocycles. The largest absolute Gasteiger partial charge is 0.508 e. The molecule has 1 fully saturated rings. The molecule has 2 rings (SSSR count). The second kappa shape index (κ2) is 4.65. The van der Waals surface area contributed by atoms with E-state index in [0.29, 0.717) is 18.7 Å². The fourth-order valence-corrected chi connectivity index (χ4v) is 2.40. The fraction of sp³-hybridized carbons (Fsp3) is 0.462. The molecule has 2 N–H and O–H groups in total. The van der Waals surface area contributed by atoms with E-state index in [1.54, 1.807) is 12.1 Å². The van der Waals surface area contributed by atoms with Crippen molar-refractivity contribution in [3.63, 3.8) is 0 Å². The summed E-state index contributed by atoms with van der Waals surface area (Å²) in [5.74, 6) is -0.725. The Morgan fingerprint density at radius 3 is 2.88 bits per heavy atom. The summed E-state index contributed by atoms with van der Waals surface area (Å²) < 4.78 is 0. The number of hydrogen-bond acceptors (Lipinski definition) is 3. The number of aliphatic carboxylic acids is 1. The number of benzene rings is 1. The van der Waals surface area contributed by atoms with Gasteiger partial charge in [0, 0.05) is 24.3 Å². The highest BCUT2D eigenvalue weighted by Gasteiger charge is 2.29. The van der Waals surface area contributed by atoms with Gasteiger partial charge in [0.1, 0.15) is 5.75 Å². The Morgan fingerprint density at radius 2 is 2.29 bits per heavy atom. The third kappa shape index (κ3) is 2.20. The van der Waals surface area contributed by atoms with Gasteiger partial charge in [-0.15, -0.1) is 0 Å². The number of nitrogens with zero attached hydrogens (tertiary/aromatic N) is 1. The van der Waals surface area contributed by atoms with Crippen LogP contribution in [-0.2, 0) is 11.2 Å². The molecular weight excluding hydrogens is 218 g/mol. The summed E-state index contributed by atoms with van der Waals surface area (Å²) in [7, 11) is 0. The van der Waals surface area contributed by atoms with Crippen molar-refractivity contribution in [1.29, 1.82) is 0 Å². The molecule has 1 aliphatic rings. The second-order valence-electron chi connectivity index (χ2n) is 4.40. The molecule has 0 amide bonds. The highest BCUT2D eigenvalue weighted by Crippen LogP contribution is 2.32. The molecular formula is C13H17NO3. The summed E-state index contributed by atoms with van der Waals surface area (Å²) in [5, 5.41) is 18.8. The topological polar surface area (TPSA) is 60.8 Å². The van der Waals surface area contributed by atoms with Crippen molar-refractivity contribution in [3.8, 4) is 5.75 Å². The van der Waals surface area contributed by atoms with Gasteiger partial charge in [-0.25, -0.2) is 0 Å². The van der Waals surface area contributed by atoms with Crippen molar-refractivity contribution in [2.24, 2.45) is 5.92 Å². The van der Waals surface area contributed by atoms with Crippen molar-refractivity contribution in [3.05, 3.63) is 23.8 Å². The average molecular weight is 235 g/mol. The lowest BCUT2D eigenvalue weighted by Crippen LogP contribution is -2.23. The van der Waals surface area contributed by atoms with Gasteiger partial charge in [-0.1, -0.05) is 13.0 Å². The summed E-state index contributed by atoms with van der Waals surface area (Å²) >= 11 is 0. The Kier molecular flexibility index (Phi) is 3.22. The van der Waals surface area contributed by atoms with Gasteiger partial charge in [0.15, 0.2) is 0 Å². The van der Waals surface area contributed by atoms with Crippen LogP contribution in [-0.4, -0.2) is 29.3 Å². The molecule has 1 aliphatic heterocycles. The Balaban J connectivity index is 2.24. The zero-order chi connectivity index (χ0) is 12.4. The highest BCUT2D eigenvalue weighted by molar-refractivity contribution is 5.72. The van der Waals surface area contributed by atoms with E-state index in [-0.39, 0.29) is 5.92 Å². The van der Waals surface area contributed by atoms with Gasteiger partial charge < -0.3 is 15.1 Å². The first-order chi connectivity index (χ1) is 8.13. The number of carboxylic acid groups (broad SMARTS) is 1. The van der Waals surface area contributed by atoms with Gasteiger partial charge in [-0.3, -0.25) is 4.79 Å². The van der Waals surface area contributed by atoms with Crippen molar-refractivity contribution >= 4 is 11.7 Å². The number of anilines is 1. The van der Waals surface area contributed by atoms with Crippen LogP contribution in [0, 0.1) is 5.92 Å². The summed E-state index contributed by atoms with van der Waals surface area (Å²) in [5.41, 5.74) is 1.87. The molecule has 0 saturated carbocycles. The highest BCUT2D eigenvalue weighted by atomic mass is 16.4. The molecule has 4 nitrogen and oxygen atoms in total. The van der Waals surface area contributed by atoms with Crippen LogP contribution in [0.5, 0.6) is 5.75 Å². The molecule has 1 atom stereocenters. The van der Waals surface area contributed by atoms with Crippen molar-refractivity contribution in [2.45, 2.75) is 19.8 Å². The Bertz CT molecular complexity index is 431. The zero-order valence-electron chi connectivity index (χ0n) is 9.89. The second-order valence-corrected chi connectivity index (χ2v) is 4.40. The third-order valence-corrected chi connectivity index (χ3v) is 3.36. The molecule has 0 bridgehead atoms. The van der Waals surface area contributed by atoms with E-state index < -0.39 is 5.97 Å². The summed E-state index contributed by atoms with van der Waals surface area (Å²) in [6.07, 6.45) is 1.42. The lowest BCUT2D eigenvalue weighted by molar-refractivity contribution is -0.140. The van der Waals surface area contributed by atoms with E-state index in [9.17, 15) is 9.90 Å². The molecule has 4 heteroatoms. The number of phenols is 1. The van der Waals surface area contributed by atoms with Crippen molar-refractivity contribution in [2.75, 3.05) is 18.0 Å². The van der Waals surface area contributed by atoms with E-state index >= 15 is 0 Å². The predicted molar refractivity (Wildman–Crippen MR) is 65.4 cm³/mol. The van der Waals surface area contributed by atoms with Crippen LogP contribution in [0.15, 0.2) is 18.2 Å². The van der Waals surface area contributed by atoms with Gasteiger partial charge in [-0.2, -0.15) is 0 Å². The number of phenolic OH excluding ortho intramolecular Hbond substituents is 1. The molecule has 92 valence electrons. The predicted octanol–water partition coefficient (Wildman–Crippen LogP) is 1.87. The standard InChI is InChI=1S/C13H17NO3/c1-2-10-11(4-3-5-12(10)15)14-7-6-9(8-14)13(16)17/h3-5,9,15H,2,6-8H2,1H3,(H,16,17). The van der Waals surface area contributed by atoms with Crippen LogP contribution in [0.4, 0.5) is 5.69 Å². The minimum Gasteiger partial charge on any atom is -0.508 e. The van der Waals surface area contributed by atoms with Gasteiger partial charge in [0.05, 0.1) is 5.92 Å². The SMILES string of the molecule is CCc1c(O)cccc1N1CCC(C(=O)O)C1. The van der Waals surface area contributed by atoms with Crippen LogP contribution in [0.1, 0.15) is 18.9 Å². The first-order valence-electron chi connectivity index (χ1n) is 5.92. The normalized spacial score (nSPS) is 19.6. The maximum absolute atomic E-state index is 10.9. The van der Waals surface area contributed by atoms with Gasteiger partial charge in [0.25, 0.3) is 0 Å². The maximum Gasteiger partial charge on any atom is 0.308 e. The molecule has 1 saturated heterocycles. The lowest BCUT2D eigenvalue weighted by atomic mass is 10.1. The van der Waals surface area contributed by atoms with E-state index in [2.05, 4.69) is 4.90 Å². The maximum atomic E-state index is 10.9. The van der Waals surface area contributed by atoms with E-state index in [1.807, 2.05) is 13.0 Å². The zero-order valence-corrected chi connectivity index (χ0v) is 9.89. The van der Waals surface area contributed by atoms with Gasteiger partial charge in [0.2, 0.25) is 0 Å². The molecule has 1 aromatic rings. The van der Waals surface area contributed by atoms with Crippen LogP contribution < -0.4 is 4.90 Å². The van der Waals surface area contributed by atoms with Crippen LogP contribution >= 0.6 is 0 Å². The third-order valence-electron chi connectivity index (χ3n) is 3.36. The summed E-state index contributed by atoms with van der Waals surface area (Å²) in [6.45, 7) is 3.27. The smallest absolute Gasteiger partial charge is 0.308 e. The van der Waals surface area contributed by atoms with Gasteiger partial charge in [-0.05, 0) is 25.0 Å². The minimum atomic E-state index is -0.731. The number of carbonyl (C=O) groups is 1. The number of aromatic hydroxyl groups is 1. The van der Waals surface area contributed by atoms with Crippen LogP contribution in [0.2, 0.25) is 0 Å². The molecule has 0 spiro atoms. The van der Waals surface area contributed by atoms with Crippen LogP contribution in [0.25, 0.3) is 0 Å². The quantitative estimate of drug-likeness (QED) is 0.839. The number of hydrogen-bond donors (Lipinski definition) is 2. The first kappa shape index (κ1) is 11.8. The van der Waals surface area contributed by atoms with E-state index in [1.165, 1.54) is 0 Å². The monoisotopic (exact) mass is 235 g/mol. The molecule has 0 aliphatic carbocycles. The lowest BCUT2D eigenvalue weighted by Gasteiger charge is -2.21. The summed E-state index contributed by atoms with van der Waals surface area (Å²) in [4.78, 5) is 13.0. The Labute approximate surface area is 100 Å². The molecule has 17 heavy (non-hydrogen) atoms. The number of carboxylic acids is 1. The fourth-order valence-electron chi connectivity index (χ4n) is 2.40. The molecule has 1 heterocycles. The molecule has 1 unspecified atom stereocenters. The first-order valence-corrected chi connectivity index (χ1v) is 5.92. The number of rotatable bonds is 3. The Morgan fingerprint density at radius 1 is 1.53 bits per heavy atom. The van der Waals surface area contributed by atoms with E-state index in [4.69, 9.17) is 5.11 Å². The minimum absolute atomic E-state index is 0.290. The van der Waals surface area contributed by atoms with Crippen molar-refractivity contribution < 1.29 is 15.0 Å². The summed E-state index contributed by atoms with van der Waals surface area (Å²) in [6, 6.07) is 5.42.